The Hall–Kier alpha value is -2.74. The summed E-state index contributed by atoms with van der Waals surface area (Å²) in [4.78, 5) is 27.0. The average molecular weight is 360 g/mol. The minimum Gasteiger partial charge on any atom is -0.368 e. The van der Waals surface area contributed by atoms with Gasteiger partial charge in [0.15, 0.2) is 0 Å². The summed E-state index contributed by atoms with van der Waals surface area (Å²) in [5.41, 5.74) is 6.22. The lowest BCUT2D eigenvalue weighted by Crippen LogP contribution is -2.40. The zero-order valence-corrected chi connectivity index (χ0v) is 14.4. The number of hydrazone groups is 1. The van der Waals surface area contributed by atoms with Gasteiger partial charge in [-0.05, 0) is 35.7 Å². The van der Waals surface area contributed by atoms with Crippen molar-refractivity contribution in [2.45, 2.75) is 19.0 Å². The van der Waals surface area contributed by atoms with Crippen molar-refractivity contribution in [3.63, 3.8) is 0 Å². The fourth-order valence-electron chi connectivity index (χ4n) is 2.62. The number of amides is 2. The molecule has 1 aliphatic heterocycles. The summed E-state index contributed by atoms with van der Waals surface area (Å²) in [6.45, 7) is 0.466. The van der Waals surface area contributed by atoms with Crippen LogP contribution in [0.25, 0.3) is 0 Å². The first-order chi connectivity index (χ1) is 12.0. The van der Waals surface area contributed by atoms with E-state index in [0.29, 0.717) is 12.2 Å². The summed E-state index contributed by atoms with van der Waals surface area (Å²) >= 11 is 1.56. The molecule has 3 rings (SSSR count). The molecule has 0 radical (unpaired) electrons. The standard InChI is InChI=1S/C17H17FN4O2S/c1-21(10-13-3-2-8-25-13)17(24)14-9-15(16(19)23)22(20-14)12-6-4-11(18)5-7-12/h2-8,15H,9-10H2,1H3,(H2,19,23)/t15-/m0/s1. The lowest BCUT2D eigenvalue weighted by molar-refractivity contribution is -0.123. The van der Waals surface area contributed by atoms with Gasteiger partial charge < -0.3 is 10.6 Å². The van der Waals surface area contributed by atoms with Crippen LogP contribution in [-0.2, 0) is 16.1 Å². The molecule has 1 aromatic carbocycles. The lowest BCUT2D eigenvalue weighted by atomic mass is 10.1. The predicted molar refractivity (Wildman–Crippen MR) is 94.7 cm³/mol. The van der Waals surface area contributed by atoms with Crippen molar-refractivity contribution in [1.29, 1.82) is 0 Å². The number of carbonyl (C=O) groups is 2. The Morgan fingerprint density at radius 2 is 2.08 bits per heavy atom. The second-order valence-corrected chi connectivity index (χ2v) is 6.76. The molecule has 0 saturated carbocycles. The van der Waals surface area contributed by atoms with Gasteiger partial charge >= 0.3 is 0 Å². The van der Waals surface area contributed by atoms with E-state index in [0.717, 1.165) is 4.88 Å². The van der Waals surface area contributed by atoms with E-state index in [4.69, 9.17) is 5.73 Å². The molecule has 6 nitrogen and oxygen atoms in total. The quantitative estimate of drug-likeness (QED) is 0.885. The van der Waals surface area contributed by atoms with E-state index in [-0.39, 0.29) is 18.0 Å². The van der Waals surface area contributed by atoms with Gasteiger partial charge in [-0.1, -0.05) is 6.07 Å². The monoisotopic (exact) mass is 360 g/mol. The fraction of sp³-hybridized carbons (Fsp3) is 0.235. The molecular formula is C17H17FN4O2S. The number of thiophene rings is 1. The molecule has 0 saturated heterocycles. The van der Waals surface area contributed by atoms with Gasteiger partial charge in [-0.2, -0.15) is 5.10 Å². The van der Waals surface area contributed by atoms with E-state index >= 15 is 0 Å². The van der Waals surface area contributed by atoms with E-state index < -0.39 is 17.8 Å². The zero-order chi connectivity index (χ0) is 18.0. The Bertz CT molecular complexity index is 805. The normalized spacial score (nSPS) is 16.6. The third kappa shape index (κ3) is 3.69. The number of carbonyl (C=O) groups excluding carboxylic acids is 2. The van der Waals surface area contributed by atoms with Crippen LogP contribution in [0.2, 0.25) is 0 Å². The van der Waals surface area contributed by atoms with Crippen LogP contribution in [0.15, 0.2) is 46.9 Å². The number of halogens is 1. The van der Waals surface area contributed by atoms with E-state index in [1.807, 2.05) is 17.5 Å². The average Bonchev–Trinajstić information content (AvgIpc) is 3.24. The van der Waals surface area contributed by atoms with Crippen molar-refractivity contribution in [3.05, 3.63) is 52.5 Å². The summed E-state index contributed by atoms with van der Waals surface area (Å²) in [7, 11) is 1.68. The van der Waals surface area contributed by atoms with Gasteiger partial charge in [0.2, 0.25) is 5.91 Å². The van der Waals surface area contributed by atoms with Crippen LogP contribution in [0.3, 0.4) is 0 Å². The summed E-state index contributed by atoms with van der Waals surface area (Å²) in [6, 6.07) is 8.64. The first-order valence-corrected chi connectivity index (χ1v) is 8.53. The predicted octanol–water partition coefficient (Wildman–Crippen LogP) is 1.97. The van der Waals surface area contributed by atoms with Gasteiger partial charge in [-0.3, -0.25) is 14.6 Å². The SMILES string of the molecule is CN(Cc1cccs1)C(=O)C1=NN(c2ccc(F)cc2)[C@H](C(N)=O)C1. The summed E-state index contributed by atoms with van der Waals surface area (Å²) in [5.74, 6) is -1.24. The van der Waals surface area contributed by atoms with Crippen LogP contribution < -0.4 is 10.7 Å². The molecule has 130 valence electrons. The van der Waals surface area contributed by atoms with Crippen molar-refractivity contribution < 1.29 is 14.0 Å². The van der Waals surface area contributed by atoms with Gasteiger partial charge in [0.1, 0.15) is 17.6 Å². The Labute approximate surface area is 148 Å². The number of hydrogen-bond donors (Lipinski definition) is 1. The minimum atomic E-state index is -0.764. The second-order valence-electron chi connectivity index (χ2n) is 5.73. The highest BCUT2D eigenvalue weighted by atomic mass is 32.1. The molecule has 0 unspecified atom stereocenters. The molecule has 2 amide bonds. The van der Waals surface area contributed by atoms with Gasteiger partial charge in [-0.25, -0.2) is 4.39 Å². The second kappa shape index (κ2) is 7.02. The van der Waals surface area contributed by atoms with Gasteiger partial charge in [0.05, 0.1) is 12.2 Å². The molecule has 2 heterocycles. The molecule has 1 aliphatic rings. The highest BCUT2D eigenvalue weighted by molar-refractivity contribution is 7.09. The highest BCUT2D eigenvalue weighted by Crippen LogP contribution is 2.25. The molecule has 0 bridgehead atoms. The Morgan fingerprint density at radius 3 is 2.68 bits per heavy atom. The zero-order valence-electron chi connectivity index (χ0n) is 13.6. The molecule has 8 heteroatoms. The molecule has 0 aliphatic carbocycles. The Balaban J connectivity index is 1.81. The number of benzene rings is 1. The molecule has 0 fully saturated rings. The number of primary amides is 1. The maximum Gasteiger partial charge on any atom is 0.270 e. The van der Waals surface area contributed by atoms with E-state index in [1.54, 1.807) is 23.3 Å². The van der Waals surface area contributed by atoms with Crippen LogP contribution in [0.1, 0.15) is 11.3 Å². The van der Waals surface area contributed by atoms with Crippen molar-refractivity contribution in [2.24, 2.45) is 10.8 Å². The van der Waals surface area contributed by atoms with Crippen LogP contribution in [-0.4, -0.2) is 35.5 Å². The van der Waals surface area contributed by atoms with Crippen molar-refractivity contribution in [1.82, 2.24) is 4.90 Å². The number of rotatable bonds is 5. The van der Waals surface area contributed by atoms with E-state index in [9.17, 15) is 14.0 Å². The van der Waals surface area contributed by atoms with Crippen LogP contribution in [0.4, 0.5) is 10.1 Å². The van der Waals surface area contributed by atoms with Crippen LogP contribution >= 0.6 is 11.3 Å². The van der Waals surface area contributed by atoms with Crippen molar-refractivity contribution in [3.8, 4) is 0 Å². The largest absolute Gasteiger partial charge is 0.368 e. The lowest BCUT2D eigenvalue weighted by Gasteiger charge is -2.20. The summed E-state index contributed by atoms with van der Waals surface area (Å²) in [5, 5.41) is 7.61. The molecule has 25 heavy (non-hydrogen) atoms. The number of nitrogens with zero attached hydrogens (tertiary/aromatic N) is 3. The van der Waals surface area contributed by atoms with Gasteiger partial charge in [0, 0.05) is 18.3 Å². The summed E-state index contributed by atoms with van der Waals surface area (Å²) < 4.78 is 13.1. The molecule has 2 N–H and O–H groups in total. The Kier molecular flexibility index (Phi) is 4.80. The van der Waals surface area contributed by atoms with Gasteiger partial charge in [0.25, 0.3) is 5.91 Å². The summed E-state index contributed by atoms with van der Waals surface area (Å²) in [6.07, 6.45) is 0.125. The minimum absolute atomic E-state index is 0.125. The molecular weight excluding hydrogens is 343 g/mol. The van der Waals surface area contributed by atoms with Crippen molar-refractivity contribution in [2.75, 3.05) is 12.1 Å². The molecule has 2 aromatic rings. The molecule has 1 atom stereocenters. The van der Waals surface area contributed by atoms with Crippen molar-refractivity contribution >= 4 is 34.6 Å². The topological polar surface area (TPSA) is 79.0 Å². The van der Waals surface area contributed by atoms with E-state index in [2.05, 4.69) is 5.10 Å². The third-order valence-electron chi connectivity index (χ3n) is 3.90. The maximum atomic E-state index is 13.1. The third-order valence-corrected chi connectivity index (χ3v) is 4.76. The number of nitrogens with two attached hydrogens (primary N) is 1. The molecule has 1 aromatic heterocycles. The van der Waals surface area contributed by atoms with Crippen LogP contribution in [0.5, 0.6) is 0 Å². The first-order valence-electron chi connectivity index (χ1n) is 7.65. The fourth-order valence-corrected chi connectivity index (χ4v) is 3.38. The number of hydrogen-bond acceptors (Lipinski definition) is 5. The molecule has 0 spiro atoms. The van der Waals surface area contributed by atoms with Gasteiger partial charge in [-0.15, -0.1) is 11.3 Å². The Morgan fingerprint density at radius 1 is 1.36 bits per heavy atom. The van der Waals surface area contributed by atoms with Crippen LogP contribution in [0, 0.1) is 5.82 Å². The smallest absolute Gasteiger partial charge is 0.270 e. The maximum absolute atomic E-state index is 13.1. The number of anilines is 1. The highest BCUT2D eigenvalue weighted by Gasteiger charge is 2.36. The first kappa shape index (κ1) is 17.1. The van der Waals surface area contributed by atoms with E-state index in [1.165, 1.54) is 29.3 Å².